The molecule has 0 aliphatic heterocycles. The summed E-state index contributed by atoms with van der Waals surface area (Å²) in [6, 6.07) is 42.1. The Hall–Kier alpha value is -6.10. The summed E-state index contributed by atoms with van der Waals surface area (Å²) in [4.78, 5) is 23.9. The van der Waals surface area contributed by atoms with Crippen LogP contribution < -0.4 is 0 Å². The molecule has 10 aliphatic rings. The van der Waals surface area contributed by atoms with Crippen LogP contribution in [0.1, 0.15) is 305 Å². The summed E-state index contributed by atoms with van der Waals surface area (Å²) in [6.45, 7) is 38.5. The van der Waals surface area contributed by atoms with Gasteiger partial charge in [-0.3, -0.25) is 9.59 Å². The SMILES string of the molecule is CC1=Cc2c(c(-c3ccc(C(C)(C)C)cc3)c3c(c2-c2ccc(C(C)(C)C)cc2)CCC3)C1.CC1Cc2c(Br)c3c(c(Br)c2C1=O)CCC3.CC1Cc2cc3c(cc2C1=O)CCC3.COC1c2c(Br)c3c(c(Br)c2CC1C)CCC3.COC1c2c(c(-c3ccc(C(C)(C)C)cc3)c3c(c2-c2ccc(C(C)(C)C)cc2)CCC3)CC1C. The van der Waals surface area contributed by atoms with E-state index in [1.54, 1.807) is 27.8 Å². The van der Waals surface area contributed by atoms with Gasteiger partial charge in [0, 0.05) is 55.1 Å². The Morgan fingerprint density at radius 1 is 0.330 bits per heavy atom. The molecule has 6 unspecified atom stereocenters. The first kappa shape index (κ1) is 83.9. The van der Waals surface area contributed by atoms with Crippen LogP contribution in [0.4, 0.5) is 0 Å². The van der Waals surface area contributed by atoms with Gasteiger partial charge in [0.1, 0.15) is 0 Å². The average molecular weight is 1790 g/mol. The van der Waals surface area contributed by atoms with Gasteiger partial charge in [0.25, 0.3) is 0 Å². The summed E-state index contributed by atoms with van der Waals surface area (Å²) < 4.78 is 16.9. The summed E-state index contributed by atoms with van der Waals surface area (Å²) in [7, 11) is 3.72. The Bertz CT molecular complexity index is 5350. The first-order valence-corrected chi connectivity index (χ1v) is 46.6. The molecule has 0 fully saturated rings. The number of halogens is 4. The lowest BCUT2D eigenvalue weighted by atomic mass is 9.81. The molecule has 0 saturated heterocycles. The lowest BCUT2D eigenvalue weighted by molar-refractivity contribution is 0.0690. The van der Waals surface area contributed by atoms with Gasteiger partial charge in [-0.2, -0.15) is 0 Å². The number of carbonyl (C=O) groups excluding carboxylic acids is 2. The van der Waals surface area contributed by atoms with E-state index in [0.717, 1.165) is 67.0 Å². The Kier molecular flexibility index (Phi) is 23.9. The van der Waals surface area contributed by atoms with Crippen molar-refractivity contribution in [2.75, 3.05) is 14.2 Å². The highest BCUT2D eigenvalue weighted by Crippen LogP contribution is 2.56. The van der Waals surface area contributed by atoms with Crippen molar-refractivity contribution in [2.24, 2.45) is 23.7 Å². The first-order chi connectivity index (χ1) is 54.5. The van der Waals surface area contributed by atoms with Crippen LogP contribution in [-0.2, 0) is 127 Å². The minimum Gasteiger partial charge on any atom is -0.376 e. The molecule has 0 amide bonds. The maximum Gasteiger partial charge on any atom is 0.167 e. The summed E-state index contributed by atoms with van der Waals surface area (Å²) >= 11 is 15.0. The molecule has 6 atom stereocenters. The highest BCUT2D eigenvalue weighted by atomic mass is 79.9. The van der Waals surface area contributed by atoms with Crippen molar-refractivity contribution in [2.45, 2.75) is 280 Å². The van der Waals surface area contributed by atoms with Crippen molar-refractivity contribution >= 4 is 81.4 Å². The molecule has 19 rings (SSSR count). The number of Topliss-reactive ketones (excluding diaryl/α,β-unsaturated/α-hetero) is 2. The number of methoxy groups -OCH3 is 2. The fourth-order valence-electron chi connectivity index (χ4n) is 21.3. The summed E-state index contributed by atoms with van der Waals surface area (Å²) in [6.07, 6.45) is 26.0. The van der Waals surface area contributed by atoms with Crippen LogP contribution in [0.25, 0.3) is 50.6 Å². The maximum absolute atomic E-state index is 12.1. The smallest absolute Gasteiger partial charge is 0.167 e. The summed E-state index contributed by atoms with van der Waals surface area (Å²) in [5.74, 6) is 2.08. The van der Waals surface area contributed by atoms with Gasteiger partial charge in [-0.15, -0.1) is 0 Å². The molecule has 0 saturated carbocycles. The maximum atomic E-state index is 12.1. The molecule has 0 N–H and O–H groups in total. The Balaban J connectivity index is 0.000000119. The van der Waals surface area contributed by atoms with Crippen LogP contribution in [0.3, 0.4) is 0 Å². The van der Waals surface area contributed by atoms with Crippen molar-refractivity contribution in [1.82, 2.24) is 0 Å². The summed E-state index contributed by atoms with van der Waals surface area (Å²) in [5.41, 5.74) is 47.8. The zero-order chi connectivity index (χ0) is 82.0. The molecule has 0 aromatic heterocycles. The Morgan fingerprint density at radius 2 is 0.687 bits per heavy atom. The average Bonchev–Trinajstić information content (AvgIpc) is 1.60. The third kappa shape index (κ3) is 15.9. The van der Waals surface area contributed by atoms with Gasteiger partial charge in [0.05, 0.1) is 12.2 Å². The quantitative estimate of drug-likeness (QED) is 0.166. The number of rotatable bonds is 6. The second-order valence-corrected chi connectivity index (χ2v) is 42.9. The molecule has 8 heteroatoms. The first-order valence-electron chi connectivity index (χ1n) is 43.4. The van der Waals surface area contributed by atoms with E-state index in [2.05, 4.69) is 283 Å². The molecule has 0 spiro atoms. The van der Waals surface area contributed by atoms with Crippen LogP contribution in [0.15, 0.2) is 133 Å². The van der Waals surface area contributed by atoms with Crippen LogP contribution in [0, 0.1) is 23.7 Å². The van der Waals surface area contributed by atoms with Gasteiger partial charge in [0.2, 0.25) is 0 Å². The standard InChI is InChI=1S/C34H42O.C33H38.C14H16Br2O.C13H12Br2O.C13H14O/c1-21-20-28-29(22-12-16-24(17-13-22)33(2,3)4)26-10-9-11-27(26)30(31(28)32(21)35-8)23-14-18-25(19-15-23)34(5,6)7;1-21-19-28-29(20-21)31(23-13-17-25(18-14-23)33(5,6)7)27-10-8-9-26(27)30(28)22-11-15-24(16-12-22)32(2,3)4;1-7-6-10-11(14(7)17-2)13(16)9-5-3-4-8(9)12(10)15;1-6-5-9-10(13(6)16)12(15)8-4-2-3-7(8)11(9)14;1-8-5-11-6-9-3-2-4-10(9)7-12(11)13(8)14/h12-19,21,32H,9-11,20H2,1-8H3;11-19H,8-10,20H2,1-7H3;7,14H,3-6H2,1-2H3;6H,2-5H2,1H3;6-8H,2-5H2,1H3. The minimum absolute atomic E-state index is 0.144. The van der Waals surface area contributed by atoms with E-state index in [4.69, 9.17) is 9.47 Å². The lowest BCUT2D eigenvalue weighted by Gasteiger charge is -2.25. The van der Waals surface area contributed by atoms with E-state index >= 15 is 0 Å². The lowest BCUT2D eigenvalue weighted by Crippen LogP contribution is -2.11. The van der Waals surface area contributed by atoms with Gasteiger partial charge in [-0.25, -0.2) is 0 Å². The summed E-state index contributed by atoms with van der Waals surface area (Å²) in [5, 5.41) is 0. The second-order valence-electron chi connectivity index (χ2n) is 39.8. The van der Waals surface area contributed by atoms with E-state index in [1.807, 2.05) is 28.1 Å². The van der Waals surface area contributed by atoms with Crippen LogP contribution in [-0.4, -0.2) is 25.8 Å². The van der Waals surface area contributed by atoms with Gasteiger partial charge in [-0.05, 0) is 358 Å². The van der Waals surface area contributed by atoms with E-state index in [9.17, 15) is 9.59 Å². The number of fused-ring (bicyclic) bond motifs is 10. The number of ketones is 2. The fourth-order valence-corrected chi connectivity index (χ4v) is 24.7. The van der Waals surface area contributed by atoms with Gasteiger partial charge in [-0.1, -0.05) is 273 Å². The van der Waals surface area contributed by atoms with Crippen LogP contribution in [0.5, 0.6) is 0 Å². The molecule has 0 heterocycles. The molecule has 115 heavy (non-hydrogen) atoms. The molecular formula is C107H122Br4O4. The molecule has 9 aromatic carbocycles. The minimum atomic E-state index is 0.144. The number of allylic oxidation sites excluding steroid dienone is 1. The van der Waals surface area contributed by atoms with Crippen LogP contribution in [0.2, 0.25) is 0 Å². The van der Waals surface area contributed by atoms with Crippen molar-refractivity contribution < 1.29 is 19.1 Å². The highest BCUT2D eigenvalue weighted by molar-refractivity contribution is 9.11. The number of ether oxygens (including phenoxy) is 2. The molecule has 602 valence electrons. The monoisotopic (exact) mass is 1790 g/mol. The Morgan fingerprint density at radius 3 is 1.15 bits per heavy atom. The number of hydrogen-bond donors (Lipinski definition) is 0. The Labute approximate surface area is 723 Å². The number of hydrogen-bond acceptors (Lipinski definition) is 4. The predicted octanol–water partition coefficient (Wildman–Crippen LogP) is 29.3. The van der Waals surface area contributed by atoms with E-state index < -0.39 is 0 Å². The topological polar surface area (TPSA) is 52.6 Å². The normalized spacial score (nSPS) is 20.3. The van der Waals surface area contributed by atoms with Crippen molar-refractivity contribution in [3.63, 3.8) is 0 Å². The molecule has 9 aromatic rings. The van der Waals surface area contributed by atoms with Crippen molar-refractivity contribution in [3.05, 3.63) is 266 Å². The molecular weight excluding hydrogens is 1670 g/mol. The molecule has 0 bridgehead atoms. The highest BCUT2D eigenvalue weighted by Gasteiger charge is 2.42. The van der Waals surface area contributed by atoms with E-state index in [0.29, 0.717) is 23.4 Å². The van der Waals surface area contributed by atoms with Gasteiger partial charge < -0.3 is 9.47 Å². The van der Waals surface area contributed by atoms with Crippen molar-refractivity contribution in [1.29, 1.82) is 0 Å². The third-order valence-corrected chi connectivity index (χ3v) is 31.2. The van der Waals surface area contributed by atoms with Crippen LogP contribution >= 0.6 is 63.7 Å². The molecule has 4 nitrogen and oxygen atoms in total. The fraction of sp³-hybridized carbons (Fsp3) is 0.458. The second kappa shape index (κ2) is 32.8. The number of aryl methyl sites for hydroxylation is 2. The zero-order valence-corrected chi connectivity index (χ0v) is 78.6. The van der Waals surface area contributed by atoms with E-state index in [1.165, 1.54) is 235 Å². The predicted molar refractivity (Wildman–Crippen MR) is 497 cm³/mol. The number of benzene rings is 9. The third-order valence-electron chi connectivity index (χ3n) is 27.5. The van der Waals surface area contributed by atoms with E-state index in [-0.39, 0.29) is 45.7 Å². The number of carbonyl (C=O) groups is 2. The molecule has 0 radical (unpaired) electrons. The largest absolute Gasteiger partial charge is 0.376 e. The van der Waals surface area contributed by atoms with Gasteiger partial charge in [0.15, 0.2) is 11.6 Å². The van der Waals surface area contributed by atoms with Crippen molar-refractivity contribution in [3.8, 4) is 44.5 Å². The van der Waals surface area contributed by atoms with Gasteiger partial charge >= 0.3 is 0 Å². The molecule has 10 aliphatic carbocycles. The zero-order valence-electron chi connectivity index (χ0n) is 72.2.